The molecule has 1 amide bonds. The van der Waals surface area contributed by atoms with Gasteiger partial charge in [-0.25, -0.2) is 4.39 Å². The zero-order chi connectivity index (χ0) is 16.0. The third-order valence-electron chi connectivity index (χ3n) is 4.87. The van der Waals surface area contributed by atoms with Gasteiger partial charge in [-0.15, -0.1) is 10.2 Å². The molecule has 0 N–H and O–H groups in total. The van der Waals surface area contributed by atoms with E-state index in [0.717, 1.165) is 31.0 Å². The standard InChI is InChI=1S/C17H19FN4O/c1-2-15-19-20-16-10-21(7-8-22(15)16)17(23)13-9-12(13)11-5-3-4-6-14(11)18/h3-6,12-13H,2,7-10H2,1H3. The lowest BCUT2D eigenvalue weighted by molar-refractivity contribution is -0.134. The van der Waals surface area contributed by atoms with Crippen molar-refractivity contribution in [2.45, 2.75) is 38.8 Å². The molecule has 120 valence electrons. The third-order valence-corrected chi connectivity index (χ3v) is 4.87. The number of hydrogen-bond donors (Lipinski definition) is 0. The predicted molar refractivity (Wildman–Crippen MR) is 82.1 cm³/mol. The zero-order valence-electron chi connectivity index (χ0n) is 13.1. The molecule has 2 heterocycles. The van der Waals surface area contributed by atoms with Crippen molar-refractivity contribution in [1.29, 1.82) is 0 Å². The van der Waals surface area contributed by atoms with Crippen molar-refractivity contribution in [3.8, 4) is 0 Å². The van der Waals surface area contributed by atoms with Crippen LogP contribution < -0.4 is 0 Å². The summed E-state index contributed by atoms with van der Waals surface area (Å²) in [5.41, 5.74) is 0.666. The summed E-state index contributed by atoms with van der Waals surface area (Å²) in [6.07, 6.45) is 1.59. The molecule has 0 bridgehead atoms. The Morgan fingerprint density at radius 1 is 1.30 bits per heavy atom. The van der Waals surface area contributed by atoms with E-state index in [1.165, 1.54) is 6.07 Å². The minimum atomic E-state index is -0.209. The molecule has 5 nitrogen and oxygen atoms in total. The molecule has 4 rings (SSSR count). The van der Waals surface area contributed by atoms with E-state index in [1.807, 2.05) is 11.0 Å². The van der Waals surface area contributed by atoms with Gasteiger partial charge in [-0.2, -0.15) is 0 Å². The van der Waals surface area contributed by atoms with Crippen molar-refractivity contribution in [1.82, 2.24) is 19.7 Å². The van der Waals surface area contributed by atoms with Crippen molar-refractivity contribution < 1.29 is 9.18 Å². The second-order valence-corrected chi connectivity index (χ2v) is 6.27. The molecule has 6 heteroatoms. The fraction of sp³-hybridized carbons (Fsp3) is 0.471. The van der Waals surface area contributed by atoms with Gasteiger partial charge in [-0.3, -0.25) is 4.79 Å². The average molecular weight is 314 g/mol. The van der Waals surface area contributed by atoms with Crippen molar-refractivity contribution in [2.24, 2.45) is 5.92 Å². The van der Waals surface area contributed by atoms with Crippen molar-refractivity contribution in [3.05, 3.63) is 47.3 Å². The van der Waals surface area contributed by atoms with Gasteiger partial charge in [0.2, 0.25) is 5.91 Å². The molecule has 1 aromatic carbocycles. The summed E-state index contributed by atoms with van der Waals surface area (Å²) >= 11 is 0. The van der Waals surface area contributed by atoms with Gasteiger partial charge in [-0.05, 0) is 24.0 Å². The van der Waals surface area contributed by atoms with Gasteiger partial charge in [0.1, 0.15) is 11.6 Å². The monoisotopic (exact) mass is 314 g/mol. The topological polar surface area (TPSA) is 51.0 Å². The van der Waals surface area contributed by atoms with Crippen LogP contribution in [0.5, 0.6) is 0 Å². The first-order chi connectivity index (χ1) is 11.2. The summed E-state index contributed by atoms with van der Waals surface area (Å²) in [4.78, 5) is 14.5. The highest BCUT2D eigenvalue weighted by Crippen LogP contribution is 2.49. The van der Waals surface area contributed by atoms with Gasteiger partial charge >= 0.3 is 0 Å². The van der Waals surface area contributed by atoms with Crippen LogP contribution in [0.2, 0.25) is 0 Å². The van der Waals surface area contributed by atoms with Crippen molar-refractivity contribution >= 4 is 5.91 Å². The normalized spacial score (nSPS) is 22.8. The van der Waals surface area contributed by atoms with E-state index in [4.69, 9.17) is 0 Å². The first-order valence-electron chi connectivity index (χ1n) is 8.13. The number of carbonyl (C=O) groups is 1. The highest BCUT2D eigenvalue weighted by Gasteiger charge is 2.47. The van der Waals surface area contributed by atoms with E-state index >= 15 is 0 Å². The van der Waals surface area contributed by atoms with E-state index in [1.54, 1.807) is 12.1 Å². The molecule has 1 aliphatic carbocycles. The molecule has 1 saturated carbocycles. The molecule has 0 saturated heterocycles. The largest absolute Gasteiger partial charge is 0.333 e. The Balaban J connectivity index is 1.46. The average Bonchev–Trinajstić information content (AvgIpc) is 3.26. The number of aryl methyl sites for hydroxylation is 1. The molecule has 23 heavy (non-hydrogen) atoms. The maximum Gasteiger partial charge on any atom is 0.226 e. The Hall–Kier alpha value is -2.24. The minimum Gasteiger partial charge on any atom is -0.333 e. The summed E-state index contributed by atoms with van der Waals surface area (Å²) in [5.74, 6) is 1.67. The number of aromatic nitrogens is 3. The highest BCUT2D eigenvalue weighted by molar-refractivity contribution is 5.83. The number of halogens is 1. The van der Waals surface area contributed by atoms with Crippen LogP contribution in [0.4, 0.5) is 4.39 Å². The highest BCUT2D eigenvalue weighted by atomic mass is 19.1. The molecule has 2 aromatic rings. The fourth-order valence-electron chi connectivity index (χ4n) is 3.49. The lowest BCUT2D eigenvalue weighted by Gasteiger charge is -2.28. The first kappa shape index (κ1) is 14.4. The second-order valence-electron chi connectivity index (χ2n) is 6.27. The molecule has 1 fully saturated rings. The lowest BCUT2D eigenvalue weighted by atomic mass is 10.1. The molecule has 2 atom stereocenters. The molecule has 2 aliphatic rings. The van der Waals surface area contributed by atoms with E-state index < -0.39 is 0 Å². The van der Waals surface area contributed by atoms with Gasteiger partial charge < -0.3 is 9.47 Å². The molecule has 2 unspecified atom stereocenters. The third kappa shape index (κ3) is 2.42. The van der Waals surface area contributed by atoms with Crippen LogP contribution in [0.3, 0.4) is 0 Å². The smallest absolute Gasteiger partial charge is 0.226 e. The van der Waals surface area contributed by atoms with Crippen LogP contribution in [-0.4, -0.2) is 32.1 Å². The van der Waals surface area contributed by atoms with Gasteiger partial charge in [-0.1, -0.05) is 25.1 Å². The van der Waals surface area contributed by atoms with Crippen LogP contribution >= 0.6 is 0 Å². The SMILES string of the molecule is CCc1nnc2n1CCN(C(=O)C1CC1c1ccccc1F)C2. The molecule has 1 aliphatic heterocycles. The van der Waals surface area contributed by atoms with Crippen LogP contribution in [0.1, 0.15) is 36.5 Å². The van der Waals surface area contributed by atoms with Gasteiger partial charge in [0, 0.05) is 25.4 Å². The van der Waals surface area contributed by atoms with E-state index in [9.17, 15) is 9.18 Å². The molecular weight excluding hydrogens is 295 g/mol. The Morgan fingerprint density at radius 2 is 2.13 bits per heavy atom. The Labute approximate surface area is 134 Å². The maximum absolute atomic E-state index is 13.9. The van der Waals surface area contributed by atoms with Crippen LogP contribution in [0.15, 0.2) is 24.3 Å². The van der Waals surface area contributed by atoms with Gasteiger partial charge in [0.25, 0.3) is 0 Å². The van der Waals surface area contributed by atoms with Crippen molar-refractivity contribution in [2.75, 3.05) is 6.54 Å². The van der Waals surface area contributed by atoms with E-state index in [2.05, 4.69) is 21.7 Å². The van der Waals surface area contributed by atoms with Gasteiger partial charge in [0.15, 0.2) is 5.82 Å². The summed E-state index contributed by atoms with van der Waals surface area (Å²) < 4.78 is 16.0. The summed E-state index contributed by atoms with van der Waals surface area (Å²) in [6.45, 7) is 3.98. The minimum absolute atomic E-state index is 0.0229. The summed E-state index contributed by atoms with van der Waals surface area (Å²) in [5, 5.41) is 8.36. The fourth-order valence-corrected chi connectivity index (χ4v) is 3.49. The molecular formula is C17H19FN4O. The Kier molecular flexibility index (Phi) is 3.39. The van der Waals surface area contributed by atoms with E-state index in [0.29, 0.717) is 18.7 Å². The van der Waals surface area contributed by atoms with E-state index in [-0.39, 0.29) is 23.6 Å². The number of hydrogen-bond acceptors (Lipinski definition) is 3. The van der Waals surface area contributed by atoms with Crippen molar-refractivity contribution in [3.63, 3.8) is 0 Å². The summed E-state index contributed by atoms with van der Waals surface area (Å²) in [7, 11) is 0. The number of benzene rings is 1. The van der Waals surface area contributed by atoms with Crippen LogP contribution in [-0.2, 0) is 24.3 Å². The number of fused-ring (bicyclic) bond motifs is 1. The lowest BCUT2D eigenvalue weighted by Crippen LogP contribution is -2.39. The molecule has 0 spiro atoms. The summed E-state index contributed by atoms with van der Waals surface area (Å²) in [6, 6.07) is 6.76. The maximum atomic E-state index is 13.9. The molecule has 0 radical (unpaired) electrons. The second kappa shape index (κ2) is 5.44. The van der Waals surface area contributed by atoms with Gasteiger partial charge in [0.05, 0.1) is 6.54 Å². The predicted octanol–water partition coefficient (Wildman–Crippen LogP) is 2.13. The number of rotatable bonds is 3. The first-order valence-corrected chi connectivity index (χ1v) is 8.13. The quantitative estimate of drug-likeness (QED) is 0.872. The van der Waals surface area contributed by atoms with Crippen LogP contribution in [0.25, 0.3) is 0 Å². The number of carbonyl (C=O) groups excluding carboxylic acids is 1. The Morgan fingerprint density at radius 3 is 2.91 bits per heavy atom. The zero-order valence-corrected chi connectivity index (χ0v) is 13.1. The Bertz CT molecular complexity index is 757. The van der Waals surface area contributed by atoms with Crippen LogP contribution in [0, 0.1) is 11.7 Å². The number of amides is 1. The number of nitrogens with zero attached hydrogens (tertiary/aromatic N) is 4. The molecule has 1 aromatic heterocycles.